The number of amides is 1. The molecule has 0 bridgehead atoms. The van der Waals surface area contributed by atoms with Crippen molar-refractivity contribution in [2.45, 2.75) is 0 Å². The molecule has 0 spiro atoms. The van der Waals surface area contributed by atoms with E-state index in [1.807, 2.05) is 14.1 Å². The van der Waals surface area contributed by atoms with E-state index in [1.54, 1.807) is 55.6 Å². The van der Waals surface area contributed by atoms with Crippen molar-refractivity contribution < 1.29 is 14.4 Å². The van der Waals surface area contributed by atoms with E-state index in [2.05, 4.69) is 10.4 Å². The van der Waals surface area contributed by atoms with E-state index >= 15 is 0 Å². The van der Waals surface area contributed by atoms with Crippen molar-refractivity contribution in [1.82, 2.24) is 15.1 Å². The SMILES string of the molecule is COc1ccc(-n2nc(C(=O)NCC[NH+](C)C)c3ccccc3c2=O)cc1. The van der Waals surface area contributed by atoms with Crippen molar-refractivity contribution in [3.8, 4) is 11.4 Å². The fraction of sp³-hybridized carbons (Fsp3) is 0.250. The molecular weight excluding hydrogens is 344 g/mol. The van der Waals surface area contributed by atoms with Crippen LogP contribution in [-0.2, 0) is 0 Å². The van der Waals surface area contributed by atoms with Crippen LogP contribution in [0.25, 0.3) is 16.5 Å². The van der Waals surface area contributed by atoms with Gasteiger partial charge in [-0.2, -0.15) is 9.78 Å². The number of hydrogen-bond acceptors (Lipinski definition) is 4. The van der Waals surface area contributed by atoms with E-state index < -0.39 is 0 Å². The van der Waals surface area contributed by atoms with E-state index in [4.69, 9.17) is 4.74 Å². The normalized spacial score (nSPS) is 11.0. The highest BCUT2D eigenvalue weighted by molar-refractivity contribution is 6.04. The molecule has 7 heteroatoms. The number of fused-ring (bicyclic) bond motifs is 1. The average Bonchev–Trinajstić information content (AvgIpc) is 2.68. The van der Waals surface area contributed by atoms with Crippen molar-refractivity contribution in [3.05, 3.63) is 64.6 Å². The maximum Gasteiger partial charge on any atom is 0.279 e. The van der Waals surface area contributed by atoms with Crippen LogP contribution in [0.5, 0.6) is 5.75 Å². The third kappa shape index (κ3) is 3.98. The molecule has 7 nitrogen and oxygen atoms in total. The number of carbonyl (C=O) groups excluding carboxylic acids is 1. The van der Waals surface area contributed by atoms with E-state index in [-0.39, 0.29) is 17.2 Å². The lowest BCUT2D eigenvalue weighted by Gasteiger charge is -2.12. The first kappa shape index (κ1) is 18.6. The highest BCUT2D eigenvalue weighted by Gasteiger charge is 2.17. The summed E-state index contributed by atoms with van der Waals surface area (Å²) in [5, 5.41) is 8.24. The summed E-state index contributed by atoms with van der Waals surface area (Å²) in [5.41, 5.74) is 0.526. The van der Waals surface area contributed by atoms with Crippen molar-refractivity contribution >= 4 is 16.7 Å². The van der Waals surface area contributed by atoms with Gasteiger partial charge in [0, 0.05) is 5.39 Å². The number of benzene rings is 2. The second-order valence-electron chi connectivity index (χ2n) is 6.52. The molecule has 0 unspecified atom stereocenters. The molecule has 1 heterocycles. The minimum Gasteiger partial charge on any atom is -0.497 e. The quantitative estimate of drug-likeness (QED) is 0.656. The lowest BCUT2D eigenvalue weighted by molar-refractivity contribution is -0.856. The first-order valence-corrected chi connectivity index (χ1v) is 8.75. The molecule has 0 aliphatic heterocycles. The lowest BCUT2D eigenvalue weighted by atomic mass is 10.1. The van der Waals surface area contributed by atoms with Gasteiger partial charge in [0.25, 0.3) is 11.5 Å². The number of nitrogens with zero attached hydrogens (tertiary/aromatic N) is 2. The third-order valence-electron chi connectivity index (χ3n) is 4.25. The summed E-state index contributed by atoms with van der Waals surface area (Å²) in [4.78, 5) is 26.8. The number of carbonyl (C=O) groups is 1. The van der Waals surface area contributed by atoms with Gasteiger partial charge in [-0.05, 0) is 30.3 Å². The summed E-state index contributed by atoms with van der Waals surface area (Å²) >= 11 is 0. The molecule has 0 fully saturated rings. The van der Waals surface area contributed by atoms with Crippen molar-refractivity contribution in [3.63, 3.8) is 0 Å². The Labute approximate surface area is 157 Å². The predicted octanol–water partition coefficient (Wildman–Crippen LogP) is 0.269. The first-order valence-electron chi connectivity index (χ1n) is 8.75. The van der Waals surface area contributed by atoms with Gasteiger partial charge in [-0.15, -0.1) is 0 Å². The zero-order chi connectivity index (χ0) is 19.4. The van der Waals surface area contributed by atoms with Crippen molar-refractivity contribution in [2.75, 3.05) is 34.3 Å². The number of quaternary nitrogens is 1. The Morgan fingerprint density at radius 1 is 1.11 bits per heavy atom. The summed E-state index contributed by atoms with van der Waals surface area (Å²) in [6, 6.07) is 14.0. The number of likely N-dealkylation sites (N-methyl/N-ethyl adjacent to an activating group) is 1. The summed E-state index contributed by atoms with van der Waals surface area (Å²) in [6.45, 7) is 1.32. The fourth-order valence-electron chi connectivity index (χ4n) is 2.77. The molecule has 0 aliphatic rings. The molecule has 3 rings (SSSR count). The van der Waals surface area contributed by atoms with Crippen LogP contribution in [0.15, 0.2) is 53.3 Å². The van der Waals surface area contributed by atoms with Gasteiger partial charge in [-0.1, -0.05) is 18.2 Å². The maximum atomic E-state index is 12.9. The van der Waals surface area contributed by atoms with E-state index in [0.29, 0.717) is 28.8 Å². The summed E-state index contributed by atoms with van der Waals surface area (Å²) in [7, 11) is 5.61. The van der Waals surface area contributed by atoms with Gasteiger partial charge in [-0.3, -0.25) is 9.59 Å². The van der Waals surface area contributed by atoms with Gasteiger partial charge in [-0.25, -0.2) is 0 Å². The monoisotopic (exact) mass is 367 g/mol. The molecule has 1 amide bonds. The van der Waals surface area contributed by atoms with Gasteiger partial charge in [0.15, 0.2) is 5.69 Å². The Hall–Kier alpha value is -3.19. The molecular formula is C20H23N4O3+. The smallest absolute Gasteiger partial charge is 0.279 e. The molecule has 0 atom stereocenters. The lowest BCUT2D eigenvalue weighted by Crippen LogP contribution is -3.06. The molecule has 0 aliphatic carbocycles. The maximum absolute atomic E-state index is 12.9. The molecule has 0 radical (unpaired) electrons. The molecule has 2 N–H and O–H groups in total. The van der Waals surface area contributed by atoms with Gasteiger partial charge < -0.3 is 15.0 Å². The molecule has 27 heavy (non-hydrogen) atoms. The second-order valence-corrected chi connectivity index (χ2v) is 6.52. The van der Waals surface area contributed by atoms with E-state index in [0.717, 1.165) is 6.54 Å². The Balaban J connectivity index is 2.08. The molecule has 0 saturated heterocycles. The van der Waals surface area contributed by atoms with Gasteiger partial charge in [0.2, 0.25) is 0 Å². The highest BCUT2D eigenvalue weighted by atomic mass is 16.5. The zero-order valence-electron chi connectivity index (χ0n) is 15.7. The van der Waals surface area contributed by atoms with Crippen LogP contribution in [0.3, 0.4) is 0 Å². The van der Waals surface area contributed by atoms with Gasteiger partial charge in [0.1, 0.15) is 5.75 Å². The van der Waals surface area contributed by atoms with E-state index in [1.165, 1.54) is 9.58 Å². The van der Waals surface area contributed by atoms with Crippen LogP contribution in [0.1, 0.15) is 10.5 Å². The summed E-state index contributed by atoms with van der Waals surface area (Å²) < 4.78 is 6.41. The zero-order valence-corrected chi connectivity index (χ0v) is 15.7. The number of ether oxygens (including phenoxy) is 1. The number of hydrogen-bond donors (Lipinski definition) is 2. The second kappa shape index (κ2) is 8.01. The predicted molar refractivity (Wildman–Crippen MR) is 104 cm³/mol. The van der Waals surface area contributed by atoms with Crippen LogP contribution in [0.4, 0.5) is 0 Å². The standard InChI is InChI=1S/C20H22N4O3/c1-23(2)13-12-21-19(25)18-16-6-4-5-7-17(16)20(26)24(22-18)14-8-10-15(27-3)11-9-14/h4-11H,12-13H2,1-3H3,(H,21,25)/p+1. The molecule has 2 aromatic carbocycles. The van der Waals surface area contributed by atoms with Gasteiger partial charge >= 0.3 is 0 Å². The molecule has 0 saturated carbocycles. The summed E-state index contributed by atoms with van der Waals surface area (Å²) in [6.07, 6.45) is 0. The van der Waals surface area contributed by atoms with E-state index in [9.17, 15) is 9.59 Å². The van der Waals surface area contributed by atoms with Crippen molar-refractivity contribution in [1.29, 1.82) is 0 Å². The topological polar surface area (TPSA) is 77.7 Å². The highest BCUT2D eigenvalue weighted by Crippen LogP contribution is 2.17. The van der Waals surface area contributed by atoms with Crippen LogP contribution in [0, 0.1) is 0 Å². The van der Waals surface area contributed by atoms with Crippen LogP contribution < -0.4 is 20.5 Å². The Bertz CT molecular complexity index is 1010. The molecule has 140 valence electrons. The van der Waals surface area contributed by atoms with Crippen LogP contribution in [0.2, 0.25) is 0 Å². The third-order valence-corrected chi connectivity index (χ3v) is 4.25. The number of methoxy groups -OCH3 is 1. The average molecular weight is 367 g/mol. The number of aromatic nitrogens is 2. The number of nitrogens with one attached hydrogen (secondary N) is 2. The van der Waals surface area contributed by atoms with Gasteiger partial charge in [0.05, 0.1) is 45.4 Å². The van der Waals surface area contributed by atoms with Crippen LogP contribution >= 0.6 is 0 Å². The Morgan fingerprint density at radius 2 is 1.78 bits per heavy atom. The van der Waals surface area contributed by atoms with Crippen molar-refractivity contribution in [2.24, 2.45) is 0 Å². The summed E-state index contributed by atoms with van der Waals surface area (Å²) in [5.74, 6) is 0.381. The largest absolute Gasteiger partial charge is 0.497 e. The Morgan fingerprint density at radius 3 is 2.41 bits per heavy atom. The molecule has 3 aromatic rings. The molecule has 1 aromatic heterocycles. The Kier molecular flexibility index (Phi) is 5.52. The number of rotatable bonds is 6. The first-order chi connectivity index (χ1) is 13.0. The minimum atomic E-state index is -0.297. The van der Waals surface area contributed by atoms with Crippen LogP contribution in [-0.4, -0.2) is 50.0 Å². The fourth-order valence-corrected chi connectivity index (χ4v) is 2.77. The minimum absolute atomic E-state index is 0.231.